The van der Waals surface area contributed by atoms with Crippen LogP contribution in [0.2, 0.25) is 0 Å². The molecular formula is C11H18N2O2. The predicted molar refractivity (Wildman–Crippen MR) is 59.9 cm³/mol. The fourth-order valence-corrected chi connectivity index (χ4v) is 1.48. The van der Waals surface area contributed by atoms with Gasteiger partial charge in [0, 0.05) is 18.1 Å². The average molecular weight is 210 g/mol. The summed E-state index contributed by atoms with van der Waals surface area (Å²) in [7, 11) is 0. The molecule has 0 bridgehead atoms. The van der Waals surface area contributed by atoms with E-state index in [0.29, 0.717) is 13.0 Å². The van der Waals surface area contributed by atoms with Crippen molar-refractivity contribution in [1.29, 1.82) is 0 Å². The van der Waals surface area contributed by atoms with Gasteiger partial charge in [-0.25, -0.2) is 4.79 Å². The van der Waals surface area contributed by atoms with Gasteiger partial charge in [0.15, 0.2) is 0 Å². The molecule has 0 heterocycles. The number of hydrogen-bond donors (Lipinski definition) is 3. The summed E-state index contributed by atoms with van der Waals surface area (Å²) < 4.78 is 0. The number of carbonyl (C=O) groups is 1. The number of rotatable bonds is 7. The molecule has 84 valence electrons. The van der Waals surface area contributed by atoms with Gasteiger partial charge < -0.3 is 15.7 Å². The van der Waals surface area contributed by atoms with Gasteiger partial charge in [-0.1, -0.05) is 12.2 Å². The van der Waals surface area contributed by atoms with Crippen LogP contribution in [0.15, 0.2) is 25.3 Å². The van der Waals surface area contributed by atoms with Crippen LogP contribution in [0.1, 0.15) is 19.3 Å². The third-order valence-electron chi connectivity index (χ3n) is 2.66. The van der Waals surface area contributed by atoms with Gasteiger partial charge in [0.25, 0.3) is 0 Å². The first-order valence-corrected chi connectivity index (χ1v) is 5.11. The molecule has 15 heavy (non-hydrogen) atoms. The third-order valence-corrected chi connectivity index (χ3v) is 2.66. The lowest BCUT2D eigenvalue weighted by Gasteiger charge is -2.19. The normalized spacial score (nSPS) is 18.9. The van der Waals surface area contributed by atoms with Gasteiger partial charge in [-0.05, 0) is 19.3 Å². The Morgan fingerprint density at radius 3 is 2.60 bits per heavy atom. The highest BCUT2D eigenvalue weighted by molar-refractivity contribution is 5.64. The molecule has 0 spiro atoms. The first kappa shape index (κ1) is 11.8. The van der Waals surface area contributed by atoms with Crippen molar-refractivity contribution >= 4 is 6.09 Å². The smallest absolute Gasteiger partial charge is 0.404 e. The summed E-state index contributed by atoms with van der Waals surface area (Å²) in [5.41, 5.74) is 0.0552. The minimum atomic E-state index is -0.993. The molecule has 1 saturated carbocycles. The van der Waals surface area contributed by atoms with E-state index in [0.717, 1.165) is 12.8 Å². The quantitative estimate of drug-likeness (QED) is 0.558. The van der Waals surface area contributed by atoms with Crippen LogP contribution in [0.4, 0.5) is 4.79 Å². The first-order chi connectivity index (χ1) is 7.12. The fourth-order valence-electron chi connectivity index (χ4n) is 1.48. The van der Waals surface area contributed by atoms with Crippen molar-refractivity contribution in [3.63, 3.8) is 0 Å². The van der Waals surface area contributed by atoms with E-state index in [4.69, 9.17) is 5.11 Å². The molecule has 3 N–H and O–H groups in total. The van der Waals surface area contributed by atoms with Gasteiger partial charge in [-0.15, -0.1) is 13.2 Å². The van der Waals surface area contributed by atoms with E-state index in [-0.39, 0.29) is 11.6 Å². The highest BCUT2D eigenvalue weighted by atomic mass is 16.4. The Hall–Kier alpha value is -1.29. The van der Waals surface area contributed by atoms with E-state index in [1.807, 2.05) is 6.08 Å². The predicted octanol–water partition coefficient (Wildman–Crippen LogP) is 1.51. The van der Waals surface area contributed by atoms with Crippen LogP contribution in [0, 0.1) is 0 Å². The first-order valence-electron chi connectivity index (χ1n) is 5.11. The summed E-state index contributed by atoms with van der Waals surface area (Å²) in [5.74, 6) is 0. The van der Waals surface area contributed by atoms with Gasteiger partial charge in [0.2, 0.25) is 0 Å². The highest BCUT2D eigenvalue weighted by Gasteiger charge is 2.39. The molecule has 0 radical (unpaired) electrons. The lowest BCUT2D eigenvalue weighted by molar-refractivity contribution is 0.189. The molecule has 4 heteroatoms. The number of carboxylic acid groups (broad SMARTS) is 1. The van der Waals surface area contributed by atoms with Gasteiger partial charge in [-0.3, -0.25) is 0 Å². The summed E-state index contributed by atoms with van der Waals surface area (Å²) in [6.07, 6.45) is 5.43. The van der Waals surface area contributed by atoms with E-state index in [9.17, 15) is 4.79 Å². The Morgan fingerprint density at radius 2 is 2.20 bits per heavy atom. The van der Waals surface area contributed by atoms with Crippen LogP contribution < -0.4 is 10.6 Å². The summed E-state index contributed by atoms with van der Waals surface area (Å²) in [4.78, 5) is 10.5. The molecule has 0 aliphatic heterocycles. The van der Waals surface area contributed by atoms with Crippen LogP contribution in [0.3, 0.4) is 0 Å². The van der Waals surface area contributed by atoms with Gasteiger partial charge >= 0.3 is 6.09 Å². The second kappa shape index (κ2) is 4.98. The molecule has 0 aromatic rings. The molecule has 1 amide bonds. The van der Waals surface area contributed by atoms with Crippen molar-refractivity contribution in [2.75, 3.05) is 6.54 Å². The van der Waals surface area contributed by atoms with Crippen LogP contribution in [0.5, 0.6) is 0 Å². The molecule has 1 rings (SSSR count). The van der Waals surface area contributed by atoms with Crippen LogP contribution >= 0.6 is 0 Å². The molecule has 0 aromatic heterocycles. The zero-order chi connectivity index (χ0) is 11.3. The van der Waals surface area contributed by atoms with Crippen molar-refractivity contribution < 1.29 is 9.90 Å². The molecule has 1 fully saturated rings. The maximum absolute atomic E-state index is 10.5. The number of amides is 1. The van der Waals surface area contributed by atoms with E-state index in [1.54, 1.807) is 6.08 Å². The minimum Gasteiger partial charge on any atom is -0.465 e. The van der Waals surface area contributed by atoms with Crippen LogP contribution in [0.25, 0.3) is 0 Å². The summed E-state index contributed by atoms with van der Waals surface area (Å²) >= 11 is 0. The maximum Gasteiger partial charge on any atom is 0.404 e. The molecule has 4 nitrogen and oxygen atoms in total. The van der Waals surface area contributed by atoms with Gasteiger partial charge in [0.05, 0.1) is 0 Å². The fraction of sp³-hybridized carbons (Fsp3) is 0.545. The Kier molecular flexibility index (Phi) is 3.91. The molecular weight excluding hydrogens is 192 g/mol. The zero-order valence-electron chi connectivity index (χ0n) is 8.83. The van der Waals surface area contributed by atoms with Crippen molar-refractivity contribution in [3.8, 4) is 0 Å². The Bertz CT molecular complexity index is 259. The van der Waals surface area contributed by atoms with Gasteiger partial charge in [0.1, 0.15) is 0 Å². The second-order valence-electron chi connectivity index (χ2n) is 3.91. The monoisotopic (exact) mass is 210 g/mol. The Balaban J connectivity index is 2.33. The molecule has 0 saturated heterocycles. The molecule has 0 aromatic carbocycles. The summed E-state index contributed by atoms with van der Waals surface area (Å²) in [5, 5.41) is 14.4. The van der Waals surface area contributed by atoms with E-state index < -0.39 is 6.09 Å². The lowest BCUT2D eigenvalue weighted by atomic mass is 10.2. The molecule has 1 aliphatic rings. The molecule has 1 aliphatic carbocycles. The van der Waals surface area contributed by atoms with Crippen LogP contribution in [-0.4, -0.2) is 29.3 Å². The van der Waals surface area contributed by atoms with Crippen molar-refractivity contribution in [2.24, 2.45) is 0 Å². The van der Waals surface area contributed by atoms with Crippen molar-refractivity contribution in [1.82, 2.24) is 10.6 Å². The molecule has 1 atom stereocenters. The highest BCUT2D eigenvalue weighted by Crippen LogP contribution is 2.36. The largest absolute Gasteiger partial charge is 0.465 e. The van der Waals surface area contributed by atoms with Crippen LogP contribution in [-0.2, 0) is 0 Å². The summed E-state index contributed by atoms with van der Waals surface area (Å²) in [6.45, 7) is 7.98. The van der Waals surface area contributed by atoms with Crippen molar-refractivity contribution in [2.45, 2.75) is 30.8 Å². The van der Waals surface area contributed by atoms with E-state index in [2.05, 4.69) is 23.8 Å². The zero-order valence-corrected chi connectivity index (χ0v) is 8.83. The van der Waals surface area contributed by atoms with E-state index in [1.165, 1.54) is 0 Å². The number of nitrogens with one attached hydrogen (secondary N) is 2. The Morgan fingerprint density at radius 1 is 1.53 bits per heavy atom. The SMILES string of the molecule is C=CC[C@@H](CNC1(C=C)CC1)NC(=O)O. The maximum atomic E-state index is 10.5. The van der Waals surface area contributed by atoms with Gasteiger partial charge in [-0.2, -0.15) is 0 Å². The second-order valence-corrected chi connectivity index (χ2v) is 3.91. The summed E-state index contributed by atoms with van der Waals surface area (Å²) in [6, 6.07) is -0.113. The lowest BCUT2D eigenvalue weighted by Crippen LogP contribution is -2.44. The molecule has 0 unspecified atom stereocenters. The van der Waals surface area contributed by atoms with Crippen molar-refractivity contribution in [3.05, 3.63) is 25.3 Å². The van der Waals surface area contributed by atoms with E-state index >= 15 is 0 Å². The Labute approximate surface area is 90.1 Å². The topological polar surface area (TPSA) is 61.4 Å². The average Bonchev–Trinajstić information content (AvgIpc) is 2.95. The number of hydrogen-bond acceptors (Lipinski definition) is 2. The standard InChI is InChI=1S/C11H18N2O2/c1-3-5-9(13-10(14)15)8-12-11(4-2)6-7-11/h3-4,9,12-13H,1-2,5-8H2,(H,14,15)/t9-/m0/s1. The third kappa shape index (κ3) is 3.75. The minimum absolute atomic E-state index is 0.0552.